The van der Waals surface area contributed by atoms with Gasteiger partial charge in [-0.05, 0) is 24.5 Å². The molecule has 1 amide bonds. The summed E-state index contributed by atoms with van der Waals surface area (Å²) in [6.07, 6.45) is 1.62. The highest BCUT2D eigenvalue weighted by Crippen LogP contribution is 2.30. The van der Waals surface area contributed by atoms with E-state index in [1.165, 1.54) is 17.3 Å². The van der Waals surface area contributed by atoms with Crippen LogP contribution in [0.5, 0.6) is 0 Å². The standard InChI is InChI=1S/C13H13N3O2S/c1-8-15-16-13(18-8)19-11-7-6-9-4-2-3-5-10(9)14-12(11)17/h2-5,11H,6-7H2,1H3,(H,14,17)/t11-/m1/s1. The summed E-state index contributed by atoms with van der Waals surface area (Å²) in [6, 6.07) is 7.88. The molecule has 1 N–H and O–H groups in total. The molecule has 0 unspecified atom stereocenters. The predicted octanol–water partition coefficient (Wildman–Crippen LogP) is 2.42. The van der Waals surface area contributed by atoms with Crippen LogP contribution in [-0.4, -0.2) is 21.4 Å². The number of thioether (sulfide) groups is 1. The Morgan fingerprint density at radius 3 is 3.00 bits per heavy atom. The predicted molar refractivity (Wildman–Crippen MR) is 72.1 cm³/mol. The number of carbonyl (C=O) groups is 1. The number of rotatable bonds is 2. The first-order chi connectivity index (χ1) is 9.22. The molecule has 0 saturated heterocycles. The van der Waals surface area contributed by atoms with E-state index in [9.17, 15) is 4.79 Å². The number of aromatic nitrogens is 2. The summed E-state index contributed by atoms with van der Waals surface area (Å²) < 4.78 is 5.31. The Bertz CT molecular complexity index is 611. The Labute approximate surface area is 114 Å². The fourth-order valence-electron chi connectivity index (χ4n) is 2.05. The number of carbonyl (C=O) groups excluding carboxylic acids is 1. The molecule has 0 spiro atoms. The lowest BCUT2D eigenvalue weighted by Crippen LogP contribution is -2.23. The zero-order valence-electron chi connectivity index (χ0n) is 10.4. The Morgan fingerprint density at radius 2 is 2.21 bits per heavy atom. The zero-order valence-corrected chi connectivity index (χ0v) is 11.2. The minimum atomic E-state index is -0.202. The summed E-state index contributed by atoms with van der Waals surface area (Å²) in [7, 11) is 0. The van der Waals surface area contributed by atoms with Crippen LogP contribution in [0.3, 0.4) is 0 Å². The quantitative estimate of drug-likeness (QED) is 0.911. The second-order valence-corrected chi connectivity index (χ2v) is 5.53. The molecule has 0 fully saturated rings. The van der Waals surface area contributed by atoms with Crippen LogP contribution in [0, 0.1) is 6.92 Å². The van der Waals surface area contributed by atoms with E-state index < -0.39 is 0 Å². The fourth-order valence-corrected chi connectivity index (χ4v) is 2.95. The second-order valence-electron chi connectivity index (χ2n) is 4.38. The maximum Gasteiger partial charge on any atom is 0.277 e. The Hall–Kier alpha value is -1.82. The second kappa shape index (κ2) is 5.05. The van der Waals surface area contributed by atoms with E-state index in [1.54, 1.807) is 6.92 Å². The lowest BCUT2D eigenvalue weighted by Gasteiger charge is -2.09. The minimum absolute atomic E-state index is 0.00852. The lowest BCUT2D eigenvalue weighted by atomic mass is 10.1. The van der Waals surface area contributed by atoms with E-state index in [-0.39, 0.29) is 11.2 Å². The molecule has 1 aliphatic heterocycles. The van der Waals surface area contributed by atoms with Gasteiger partial charge in [-0.3, -0.25) is 4.79 Å². The first-order valence-corrected chi connectivity index (χ1v) is 6.96. The normalized spacial score (nSPS) is 18.6. The van der Waals surface area contributed by atoms with Gasteiger partial charge >= 0.3 is 0 Å². The van der Waals surface area contributed by atoms with Gasteiger partial charge < -0.3 is 9.73 Å². The first-order valence-electron chi connectivity index (χ1n) is 6.08. The van der Waals surface area contributed by atoms with Gasteiger partial charge in [0.05, 0.1) is 5.25 Å². The van der Waals surface area contributed by atoms with Crippen molar-refractivity contribution in [1.82, 2.24) is 10.2 Å². The molecule has 0 bridgehead atoms. The number of aryl methyl sites for hydroxylation is 2. The number of amides is 1. The van der Waals surface area contributed by atoms with E-state index in [0.717, 1.165) is 18.5 Å². The topological polar surface area (TPSA) is 68.0 Å². The molecule has 6 heteroatoms. The van der Waals surface area contributed by atoms with Crippen molar-refractivity contribution in [3.63, 3.8) is 0 Å². The molecule has 0 saturated carbocycles. The monoisotopic (exact) mass is 275 g/mol. The molecule has 2 heterocycles. The molecule has 3 rings (SSSR count). The van der Waals surface area contributed by atoms with Crippen molar-refractivity contribution >= 4 is 23.4 Å². The van der Waals surface area contributed by atoms with Crippen molar-refractivity contribution in [2.24, 2.45) is 0 Å². The van der Waals surface area contributed by atoms with Crippen molar-refractivity contribution in [3.05, 3.63) is 35.7 Å². The lowest BCUT2D eigenvalue weighted by molar-refractivity contribution is -0.115. The van der Waals surface area contributed by atoms with E-state index in [4.69, 9.17) is 4.42 Å². The van der Waals surface area contributed by atoms with Gasteiger partial charge in [-0.1, -0.05) is 30.0 Å². The van der Waals surface area contributed by atoms with Crippen LogP contribution in [0.2, 0.25) is 0 Å². The van der Waals surface area contributed by atoms with Crippen molar-refractivity contribution in [3.8, 4) is 0 Å². The van der Waals surface area contributed by atoms with E-state index in [0.29, 0.717) is 11.1 Å². The van der Waals surface area contributed by atoms with Gasteiger partial charge in [0.25, 0.3) is 5.22 Å². The molecule has 98 valence electrons. The molecule has 2 aromatic rings. The third kappa shape index (κ3) is 2.63. The van der Waals surface area contributed by atoms with Crippen molar-refractivity contribution in [2.75, 3.05) is 5.32 Å². The average Bonchev–Trinajstić information content (AvgIpc) is 2.74. The van der Waals surface area contributed by atoms with Gasteiger partial charge in [-0.25, -0.2) is 0 Å². The third-order valence-electron chi connectivity index (χ3n) is 2.99. The van der Waals surface area contributed by atoms with E-state index >= 15 is 0 Å². The number of hydrogen-bond donors (Lipinski definition) is 1. The molecule has 1 aromatic heterocycles. The van der Waals surface area contributed by atoms with Gasteiger partial charge in [-0.2, -0.15) is 0 Å². The zero-order chi connectivity index (χ0) is 13.2. The number of anilines is 1. The van der Waals surface area contributed by atoms with E-state index in [1.807, 2.05) is 24.3 Å². The summed E-state index contributed by atoms with van der Waals surface area (Å²) in [6.45, 7) is 1.74. The number of nitrogens with zero attached hydrogens (tertiary/aromatic N) is 2. The average molecular weight is 275 g/mol. The molecular weight excluding hydrogens is 262 g/mol. The molecule has 1 aromatic carbocycles. The number of para-hydroxylation sites is 1. The van der Waals surface area contributed by atoms with Crippen molar-refractivity contribution < 1.29 is 9.21 Å². The number of fused-ring (bicyclic) bond motifs is 1. The summed E-state index contributed by atoms with van der Waals surface area (Å²) in [5.41, 5.74) is 2.07. The van der Waals surface area contributed by atoms with Crippen LogP contribution in [0.15, 0.2) is 33.9 Å². The molecule has 19 heavy (non-hydrogen) atoms. The van der Waals surface area contributed by atoms with Crippen molar-refractivity contribution in [1.29, 1.82) is 0 Å². The van der Waals surface area contributed by atoms with Gasteiger partial charge in [0.1, 0.15) is 0 Å². The molecule has 0 radical (unpaired) electrons. The van der Waals surface area contributed by atoms with Gasteiger partial charge in [0, 0.05) is 12.6 Å². The van der Waals surface area contributed by atoms with Crippen LogP contribution in [-0.2, 0) is 11.2 Å². The van der Waals surface area contributed by atoms with Crippen LogP contribution in [0.1, 0.15) is 17.9 Å². The largest absolute Gasteiger partial charge is 0.416 e. The maximum absolute atomic E-state index is 12.2. The summed E-state index contributed by atoms with van der Waals surface area (Å²) in [5.74, 6) is 0.505. The fraction of sp³-hybridized carbons (Fsp3) is 0.308. The summed E-state index contributed by atoms with van der Waals surface area (Å²) >= 11 is 1.33. The van der Waals surface area contributed by atoms with Crippen LogP contribution < -0.4 is 5.32 Å². The van der Waals surface area contributed by atoms with E-state index in [2.05, 4.69) is 15.5 Å². The van der Waals surface area contributed by atoms with Crippen LogP contribution >= 0.6 is 11.8 Å². The highest BCUT2D eigenvalue weighted by atomic mass is 32.2. The van der Waals surface area contributed by atoms with Crippen LogP contribution in [0.25, 0.3) is 0 Å². The third-order valence-corrected chi connectivity index (χ3v) is 4.10. The maximum atomic E-state index is 12.2. The molecule has 0 aliphatic carbocycles. The molecule has 5 nitrogen and oxygen atoms in total. The van der Waals surface area contributed by atoms with Crippen molar-refractivity contribution in [2.45, 2.75) is 30.2 Å². The number of hydrogen-bond acceptors (Lipinski definition) is 5. The Kier molecular flexibility index (Phi) is 3.25. The Balaban J connectivity index is 1.77. The van der Waals surface area contributed by atoms with Gasteiger partial charge in [0.2, 0.25) is 11.8 Å². The first kappa shape index (κ1) is 12.2. The highest BCUT2D eigenvalue weighted by molar-refractivity contribution is 8.00. The minimum Gasteiger partial charge on any atom is -0.416 e. The molecule has 1 atom stereocenters. The summed E-state index contributed by atoms with van der Waals surface area (Å²) in [5, 5.41) is 10.9. The molecular formula is C13H13N3O2S. The smallest absolute Gasteiger partial charge is 0.277 e. The number of benzene rings is 1. The number of nitrogens with one attached hydrogen (secondary N) is 1. The Morgan fingerprint density at radius 1 is 1.37 bits per heavy atom. The van der Waals surface area contributed by atoms with Gasteiger partial charge in [-0.15, -0.1) is 10.2 Å². The summed E-state index contributed by atoms with van der Waals surface area (Å²) in [4.78, 5) is 12.2. The van der Waals surface area contributed by atoms with Crippen LogP contribution in [0.4, 0.5) is 5.69 Å². The SMILES string of the molecule is Cc1nnc(S[C@@H]2CCc3ccccc3NC2=O)o1. The molecule has 1 aliphatic rings. The highest BCUT2D eigenvalue weighted by Gasteiger charge is 2.26. The van der Waals surface area contributed by atoms with Gasteiger partial charge in [0.15, 0.2) is 0 Å².